The zero-order valence-electron chi connectivity index (χ0n) is 25.9. The van der Waals surface area contributed by atoms with Crippen LogP contribution in [0.3, 0.4) is 0 Å². The standard InChI is InChI=1S/C33H40N4O8/c1-19(44-27(38)13-15-35-30(39)24(34)16-21-8-6-5-7-9-21)31(40)45-22-12-14-33(41)20(2)37(3)25-18-32(33,17-22)28-23(25)10-11-26(43-4)29(28)36-42/h5-12,19-20,24-25,41H,13-18,34H2,1-4H3,(H,35,39)/t19-,20+,24-,25?,32-,33+/m0/s1. The van der Waals surface area contributed by atoms with Crippen LogP contribution in [0.5, 0.6) is 5.75 Å². The third kappa shape index (κ3) is 5.73. The molecule has 2 aromatic carbocycles. The average molecular weight is 621 g/mol. The lowest BCUT2D eigenvalue weighted by Crippen LogP contribution is -2.65. The fourth-order valence-corrected chi connectivity index (χ4v) is 7.22. The van der Waals surface area contributed by atoms with Gasteiger partial charge in [0.1, 0.15) is 11.5 Å². The number of methoxy groups -OCH3 is 1. The molecule has 4 N–H and O–H groups in total. The first-order chi connectivity index (χ1) is 21.5. The van der Waals surface area contributed by atoms with Crippen LogP contribution in [0.1, 0.15) is 62.3 Å². The van der Waals surface area contributed by atoms with Gasteiger partial charge < -0.3 is 30.4 Å². The smallest absolute Gasteiger partial charge is 0.352 e. The number of allylic oxidation sites excluding steroid dienone is 1. The molecule has 1 amide bonds. The Morgan fingerprint density at radius 3 is 2.62 bits per heavy atom. The number of amides is 1. The molecule has 1 heterocycles. The van der Waals surface area contributed by atoms with Gasteiger partial charge in [-0.3, -0.25) is 14.5 Å². The van der Waals surface area contributed by atoms with Crippen LogP contribution >= 0.6 is 0 Å². The Labute approximate surface area is 261 Å². The Hall–Kier alpha value is -4.13. The summed E-state index contributed by atoms with van der Waals surface area (Å²) in [5.41, 5.74) is 6.31. The number of nitroso groups, excluding NO2 is 1. The van der Waals surface area contributed by atoms with E-state index in [2.05, 4.69) is 15.4 Å². The van der Waals surface area contributed by atoms with Crippen molar-refractivity contribution >= 4 is 23.5 Å². The van der Waals surface area contributed by atoms with Crippen LogP contribution < -0.4 is 15.8 Å². The molecule has 0 radical (unpaired) electrons. The maximum absolute atomic E-state index is 13.0. The summed E-state index contributed by atoms with van der Waals surface area (Å²) >= 11 is 0. The van der Waals surface area contributed by atoms with E-state index in [1.54, 1.807) is 12.1 Å². The van der Waals surface area contributed by atoms with Crippen LogP contribution in [0.25, 0.3) is 0 Å². The number of fused-ring (bicyclic) bond motifs is 3. The SMILES string of the molecule is COc1ccc2c(c1N=O)[C@@]13CC(OC(=O)[C@H](C)OC(=O)CCNC(=O)[C@@H](N)Cc4ccccc4)=CC[C@@]1(O)[C@@H](C)N(C)C2C3. The van der Waals surface area contributed by atoms with Crippen molar-refractivity contribution in [2.45, 2.75) is 81.2 Å². The number of carbonyl (C=O) groups is 3. The number of nitrogens with zero attached hydrogens (tertiary/aromatic N) is 2. The molecule has 1 aliphatic heterocycles. The highest BCUT2D eigenvalue weighted by molar-refractivity contribution is 5.83. The Bertz CT molecular complexity index is 1510. The topological polar surface area (TPSA) is 170 Å². The van der Waals surface area contributed by atoms with Crippen molar-refractivity contribution in [3.05, 3.63) is 75.9 Å². The molecule has 1 fully saturated rings. The first kappa shape index (κ1) is 32.3. The van der Waals surface area contributed by atoms with E-state index in [0.717, 1.165) is 11.1 Å². The number of likely N-dealkylation sites (N-methyl/N-ethyl adjacent to an activating group) is 1. The number of aliphatic hydroxyl groups is 1. The van der Waals surface area contributed by atoms with Crippen molar-refractivity contribution in [1.82, 2.24) is 10.2 Å². The number of hydrogen-bond donors (Lipinski definition) is 3. The fourth-order valence-electron chi connectivity index (χ4n) is 7.22. The lowest BCUT2D eigenvalue weighted by Gasteiger charge is -2.57. The van der Waals surface area contributed by atoms with Crippen LogP contribution in [-0.4, -0.2) is 72.3 Å². The minimum absolute atomic E-state index is 0.00203. The molecule has 1 saturated heterocycles. The van der Waals surface area contributed by atoms with Gasteiger partial charge in [-0.1, -0.05) is 36.4 Å². The fraction of sp³-hybridized carbons (Fsp3) is 0.485. The Balaban J connectivity index is 1.21. The van der Waals surface area contributed by atoms with Crippen LogP contribution in [-0.2, 0) is 35.7 Å². The second-order valence-corrected chi connectivity index (χ2v) is 12.2. The lowest BCUT2D eigenvalue weighted by molar-refractivity contribution is -0.167. The molecule has 12 nitrogen and oxygen atoms in total. The number of hydrogen-bond acceptors (Lipinski definition) is 11. The monoisotopic (exact) mass is 620 g/mol. The highest BCUT2D eigenvalue weighted by Crippen LogP contribution is 2.66. The molecule has 0 saturated carbocycles. The number of piperidine rings is 1. The van der Waals surface area contributed by atoms with Crippen LogP contribution in [0, 0.1) is 4.91 Å². The van der Waals surface area contributed by atoms with Crippen molar-refractivity contribution in [3.63, 3.8) is 0 Å². The first-order valence-electron chi connectivity index (χ1n) is 15.1. The van der Waals surface area contributed by atoms with Crippen molar-refractivity contribution in [1.29, 1.82) is 0 Å². The Kier molecular flexibility index (Phi) is 9.11. The van der Waals surface area contributed by atoms with E-state index in [0.29, 0.717) is 29.9 Å². The second-order valence-electron chi connectivity index (χ2n) is 12.2. The van der Waals surface area contributed by atoms with Crippen LogP contribution in [0.4, 0.5) is 5.69 Å². The highest BCUT2D eigenvalue weighted by Gasteiger charge is 2.67. The molecule has 12 heteroatoms. The van der Waals surface area contributed by atoms with Gasteiger partial charge in [0.2, 0.25) is 5.91 Å². The van der Waals surface area contributed by atoms with Gasteiger partial charge in [0, 0.05) is 36.9 Å². The van der Waals surface area contributed by atoms with Crippen molar-refractivity contribution < 1.29 is 33.7 Å². The van der Waals surface area contributed by atoms with E-state index in [1.807, 2.05) is 50.4 Å². The van der Waals surface area contributed by atoms with E-state index >= 15 is 0 Å². The average Bonchev–Trinajstić information content (AvgIpc) is 3.34. The molecule has 240 valence electrons. The minimum Gasteiger partial charge on any atom is -0.494 e. The molecule has 2 bridgehead atoms. The Morgan fingerprint density at radius 1 is 1.20 bits per heavy atom. The van der Waals surface area contributed by atoms with Gasteiger partial charge in [0.05, 0.1) is 25.2 Å². The van der Waals surface area contributed by atoms with Crippen molar-refractivity contribution in [2.24, 2.45) is 10.9 Å². The lowest BCUT2D eigenvalue weighted by atomic mass is 9.57. The summed E-state index contributed by atoms with van der Waals surface area (Å²) in [6, 6.07) is 11.8. The van der Waals surface area contributed by atoms with E-state index in [1.165, 1.54) is 14.0 Å². The third-order valence-corrected chi connectivity index (χ3v) is 9.74. The van der Waals surface area contributed by atoms with Crippen LogP contribution in [0.2, 0.25) is 0 Å². The number of benzene rings is 2. The molecule has 5 rings (SSSR count). The van der Waals surface area contributed by atoms with Gasteiger partial charge in [-0.25, -0.2) is 4.79 Å². The van der Waals surface area contributed by atoms with Crippen LogP contribution in [0.15, 0.2) is 59.5 Å². The summed E-state index contributed by atoms with van der Waals surface area (Å²) < 4.78 is 16.4. The number of likely N-dealkylation sites (tertiary alicyclic amines) is 1. The molecule has 45 heavy (non-hydrogen) atoms. The Morgan fingerprint density at radius 2 is 1.93 bits per heavy atom. The maximum Gasteiger partial charge on any atom is 0.352 e. The number of nitrogens with two attached hydrogens (primary N) is 1. The number of esters is 2. The summed E-state index contributed by atoms with van der Waals surface area (Å²) in [4.78, 5) is 52.1. The predicted molar refractivity (Wildman–Crippen MR) is 164 cm³/mol. The van der Waals surface area contributed by atoms with Crippen molar-refractivity contribution in [2.75, 3.05) is 20.7 Å². The molecule has 1 spiro atoms. The van der Waals surface area contributed by atoms with E-state index < -0.39 is 41.0 Å². The van der Waals surface area contributed by atoms with Gasteiger partial charge in [0.15, 0.2) is 11.8 Å². The van der Waals surface area contributed by atoms with Gasteiger partial charge in [0.25, 0.3) is 0 Å². The number of rotatable bonds is 11. The quantitative estimate of drug-likeness (QED) is 0.251. The number of carbonyl (C=O) groups excluding carboxylic acids is 3. The molecule has 0 aromatic heterocycles. The summed E-state index contributed by atoms with van der Waals surface area (Å²) in [6.45, 7) is 3.35. The summed E-state index contributed by atoms with van der Waals surface area (Å²) in [7, 11) is 3.41. The molecule has 2 aromatic rings. The number of ether oxygens (including phenoxy) is 3. The molecule has 6 atom stereocenters. The van der Waals surface area contributed by atoms with Gasteiger partial charge in [-0.2, -0.15) is 0 Å². The largest absolute Gasteiger partial charge is 0.494 e. The zero-order valence-corrected chi connectivity index (χ0v) is 25.9. The summed E-state index contributed by atoms with van der Waals surface area (Å²) in [5.74, 6) is -1.23. The van der Waals surface area contributed by atoms with Gasteiger partial charge in [-0.05, 0) is 67.7 Å². The first-order valence-corrected chi connectivity index (χ1v) is 15.1. The number of nitrogens with one attached hydrogen (secondary N) is 1. The predicted octanol–water partition coefficient (Wildman–Crippen LogP) is 3.07. The van der Waals surface area contributed by atoms with Gasteiger partial charge >= 0.3 is 11.9 Å². The molecular weight excluding hydrogens is 580 g/mol. The molecule has 1 unspecified atom stereocenters. The molecule has 2 aliphatic carbocycles. The molecule has 3 aliphatic rings. The highest BCUT2D eigenvalue weighted by atomic mass is 16.6. The van der Waals surface area contributed by atoms with E-state index in [-0.39, 0.29) is 43.6 Å². The van der Waals surface area contributed by atoms with E-state index in [9.17, 15) is 24.4 Å². The van der Waals surface area contributed by atoms with E-state index in [4.69, 9.17) is 19.9 Å². The minimum atomic E-state index is -1.28. The normalized spacial score (nSPS) is 26.4. The third-order valence-electron chi connectivity index (χ3n) is 9.74. The maximum atomic E-state index is 13.0. The second kappa shape index (κ2) is 12.7. The summed E-state index contributed by atoms with van der Waals surface area (Å²) in [6.07, 6.45) is 1.47. The van der Waals surface area contributed by atoms with Gasteiger partial charge in [-0.15, -0.1) is 4.91 Å². The molecular formula is C33H40N4O8. The van der Waals surface area contributed by atoms with Crippen molar-refractivity contribution in [3.8, 4) is 5.75 Å². The zero-order chi connectivity index (χ0) is 32.5. The summed E-state index contributed by atoms with van der Waals surface area (Å²) in [5, 5.41) is 18.2.